The Kier molecular flexibility index (Phi) is 7.00. The summed E-state index contributed by atoms with van der Waals surface area (Å²) in [5, 5.41) is 6.13. The number of amides is 3. The molecule has 1 saturated heterocycles. The second kappa shape index (κ2) is 9.44. The van der Waals surface area contributed by atoms with E-state index in [1.165, 1.54) is 51.4 Å². The molecule has 0 aromatic rings. The number of hydrogen-bond donors (Lipinski definition) is 2. The van der Waals surface area contributed by atoms with Crippen LogP contribution >= 0.6 is 0 Å². The molecule has 0 bridgehead atoms. The Morgan fingerprint density at radius 1 is 0.880 bits per heavy atom. The largest absolute Gasteiger partial charge is 0.356 e. The predicted octanol–water partition coefficient (Wildman–Crippen LogP) is 3.29. The fourth-order valence-corrected chi connectivity index (χ4v) is 4.26. The van der Waals surface area contributed by atoms with Crippen molar-refractivity contribution in [1.29, 1.82) is 0 Å². The molecule has 5 nitrogen and oxygen atoms in total. The summed E-state index contributed by atoms with van der Waals surface area (Å²) in [6, 6.07) is 0.0170. The Labute approximate surface area is 152 Å². The summed E-state index contributed by atoms with van der Waals surface area (Å²) in [5.41, 5.74) is 0. The lowest BCUT2D eigenvalue weighted by molar-refractivity contribution is -0.126. The second-order valence-electron chi connectivity index (χ2n) is 8.35. The summed E-state index contributed by atoms with van der Waals surface area (Å²) in [4.78, 5) is 26.5. The molecule has 2 N–H and O–H groups in total. The van der Waals surface area contributed by atoms with Crippen LogP contribution in [0.4, 0.5) is 4.79 Å². The van der Waals surface area contributed by atoms with E-state index in [4.69, 9.17) is 0 Å². The summed E-state index contributed by atoms with van der Waals surface area (Å²) < 4.78 is 0. The first kappa shape index (κ1) is 18.5. The van der Waals surface area contributed by atoms with E-state index in [0.29, 0.717) is 12.5 Å². The van der Waals surface area contributed by atoms with E-state index in [2.05, 4.69) is 10.6 Å². The molecule has 3 fully saturated rings. The monoisotopic (exact) mass is 349 g/mol. The Hall–Kier alpha value is -1.26. The van der Waals surface area contributed by atoms with Crippen LogP contribution in [-0.2, 0) is 4.79 Å². The van der Waals surface area contributed by atoms with Gasteiger partial charge in [-0.3, -0.25) is 4.79 Å². The number of rotatable bonds is 7. The third kappa shape index (κ3) is 6.19. The van der Waals surface area contributed by atoms with Gasteiger partial charge in [-0.25, -0.2) is 4.79 Å². The average Bonchev–Trinajstić information content (AvgIpc) is 3.48. The second-order valence-corrected chi connectivity index (χ2v) is 8.35. The van der Waals surface area contributed by atoms with E-state index >= 15 is 0 Å². The van der Waals surface area contributed by atoms with Gasteiger partial charge in [-0.15, -0.1) is 0 Å². The van der Waals surface area contributed by atoms with Gasteiger partial charge in [0, 0.05) is 26.2 Å². The van der Waals surface area contributed by atoms with Crippen LogP contribution in [0, 0.1) is 17.8 Å². The van der Waals surface area contributed by atoms with Crippen molar-refractivity contribution in [2.24, 2.45) is 17.8 Å². The zero-order chi connectivity index (χ0) is 17.5. The molecule has 142 valence electrons. The highest BCUT2D eigenvalue weighted by Crippen LogP contribution is 2.28. The zero-order valence-corrected chi connectivity index (χ0v) is 15.6. The van der Waals surface area contributed by atoms with Gasteiger partial charge in [-0.2, -0.15) is 0 Å². The summed E-state index contributed by atoms with van der Waals surface area (Å²) in [6.45, 7) is 2.94. The first-order chi connectivity index (χ1) is 12.2. The summed E-state index contributed by atoms with van der Waals surface area (Å²) >= 11 is 0. The van der Waals surface area contributed by atoms with Crippen molar-refractivity contribution in [3.63, 3.8) is 0 Å². The van der Waals surface area contributed by atoms with Gasteiger partial charge in [0.15, 0.2) is 0 Å². The third-order valence-corrected chi connectivity index (χ3v) is 6.13. The van der Waals surface area contributed by atoms with Crippen molar-refractivity contribution in [2.45, 2.75) is 70.6 Å². The fourth-order valence-electron chi connectivity index (χ4n) is 4.26. The third-order valence-electron chi connectivity index (χ3n) is 6.13. The average molecular weight is 350 g/mol. The Balaban J connectivity index is 1.31. The highest BCUT2D eigenvalue weighted by molar-refractivity contribution is 5.80. The minimum atomic E-state index is -0.0273. The van der Waals surface area contributed by atoms with Crippen LogP contribution in [0.2, 0.25) is 0 Å². The molecule has 0 radical (unpaired) electrons. The molecule has 0 aromatic carbocycles. The van der Waals surface area contributed by atoms with E-state index in [0.717, 1.165) is 44.8 Å². The number of piperidine rings is 1. The van der Waals surface area contributed by atoms with Crippen molar-refractivity contribution in [2.75, 3.05) is 26.2 Å². The normalized spacial score (nSPS) is 24.8. The minimum Gasteiger partial charge on any atom is -0.356 e. The number of carbonyl (C=O) groups excluding carboxylic acids is 2. The molecule has 1 unspecified atom stereocenters. The van der Waals surface area contributed by atoms with Crippen molar-refractivity contribution in [3.8, 4) is 0 Å². The number of carbonyl (C=O) groups is 2. The maximum absolute atomic E-state index is 12.4. The lowest BCUT2D eigenvalue weighted by Crippen LogP contribution is -2.49. The zero-order valence-electron chi connectivity index (χ0n) is 15.6. The maximum atomic E-state index is 12.4. The van der Waals surface area contributed by atoms with Gasteiger partial charge in [-0.05, 0) is 50.4 Å². The van der Waals surface area contributed by atoms with E-state index in [9.17, 15) is 9.59 Å². The summed E-state index contributed by atoms with van der Waals surface area (Å²) in [5.74, 6) is 1.69. The summed E-state index contributed by atoms with van der Waals surface area (Å²) in [6.07, 6.45) is 13.6. The molecule has 3 rings (SSSR count). The molecule has 0 spiro atoms. The molecule has 1 heterocycles. The quantitative estimate of drug-likeness (QED) is 0.693. The van der Waals surface area contributed by atoms with Crippen LogP contribution in [0.3, 0.4) is 0 Å². The van der Waals surface area contributed by atoms with Crippen LogP contribution in [0.1, 0.15) is 70.6 Å². The van der Waals surface area contributed by atoms with Gasteiger partial charge in [0.2, 0.25) is 5.91 Å². The van der Waals surface area contributed by atoms with Gasteiger partial charge in [0.05, 0.1) is 5.92 Å². The highest BCUT2D eigenvalue weighted by atomic mass is 16.2. The number of hydrogen-bond acceptors (Lipinski definition) is 2. The molecule has 3 aliphatic rings. The van der Waals surface area contributed by atoms with Crippen molar-refractivity contribution in [1.82, 2.24) is 15.5 Å². The molecular formula is C20H35N3O2. The first-order valence-corrected chi connectivity index (χ1v) is 10.5. The molecule has 0 aromatic heterocycles. The molecule has 5 heteroatoms. The van der Waals surface area contributed by atoms with Crippen LogP contribution in [0.15, 0.2) is 0 Å². The van der Waals surface area contributed by atoms with Crippen LogP contribution in [-0.4, -0.2) is 43.0 Å². The van der Waals surface area contributed by atoms with E-state index in [-0.39, 0.29) is 17.9 Å². The first-order valence-electron chi connectivity index (χ1n) is 10.5. The Morgan fingerprint density at radius 2 is 1.68 bits per heavy atom. The standard InChI is InChI=1S/C20H35N3O2/c24-19(22-14-17-10-11-17)18-9-5-13-23(15-18)20(25)21-12-4-8-16-6-2-1-3-7-16/h16-18H,1-15H2,(H,21,25)(H,22,24). The summed E-state index contributed by atoms with van der Waals surface area (Å²) in [7, 11) is 0. The Bertz CT molecular complexity index is 444. The molecule has 25 heavy (non-hydrogen) atoms. The molecule has 1 aliphatic heterocycles. The minimum absolute atomic E-state index is 0.0170. The number of nitrogens with one attached hydrogen (secondary N) is 2. The van der Waals surface area contributed by atoms with E-state index < -0.39 is 0 Å². The van der Waals surface area contributed by atoms with Gasteiger partial charge in [-0.1, -0.05) is 32.1 Å². The van der Waals surface area contributed by atoms with Gasteiger partial charge < -0.3 is 15.5 Å². The van der Waals surface area contributed by atoms with Gasteiger partial charge in [0.25, 0.3) is 0 Å². The van der Waals surface area contributed by atoms with Crippen molar-refractivity contribution >= 4 is 11.9 Å². The molecule has 3 amide bonds. The van der Waals surface area contributed by atoms with E-state index in [1.807, 2.05) is 4.90 Å². The molecule has 1 atom stereocenters. The number of likely N-dealkylation sites (tertiary alicyclic amines) is 1. The van der Waals surface area contributed by atoms with Crippen molar-refractivity contribution < 1.29 is 9.59 Å². The van der Waals surface area contributed by atoms with Crippen LogP contribution < -0.4 is 10.6 Å². The van der Waals surface area contributed by atoms with Crippen LogP contribution in [0.25, 0.3) is 0 Å². The smallest absolute Gasteiger partial charge is 0.317 e. The molecular weight excluding hydrogens is 314 g/mol. The Morgan fingerprint density at radius 3 is 2.44 bits per heavy atom. The van der Waals surface area contributed by atoms with Crippen LogP contribution in [0.5, 0.6) is 0 Å². The predicted molar refractivity (Wildman–Crippen MR) is 99.2 cm³/mol. The van der Waals surface area contributed by atoms with Gasteiger partial charge in [0.1, 0.15) is 0 Å². The SMILES string of the molecule is O=C(NCC1CC1)C1CCCN(C(=O)NCCCC2CCCCC2)C1. The number of urea groups is 1. The molecule has 2 aliphatic carbocycles. The van der Waals surface area contributed by atoms with E-state index in [1.54, 1.807) is 0 Å². The van der Waals surface area contributed by atoms with Gasteiger partial charge >= 0.3 is 6.03 Å². The highest BCUT2D eigenvalue weighted by Gasteiger charge is 2.29. The topological polar surface area (TPSA) is 61.4 Å². The maximum Gasteiger partial charge on any atom is 0.317 e. The molecule has 2 saturated carbocycles. The fraction of sp³-hybridized carbons (Fsp3) is 0.900. The number of nitrogens with zero attached hydrogens (tertiary/aromatic N) is 1. The van der Waals surface area contributed by atoms with Crippen molar-refractivity contribution in [3.05, 3.63) is 0 Å². The lowest BCUT2D eigenvalue weighted by atomic mass is 9.86. The lowest BCUT2D eigenvalue weighted by Gasteiger charge is -2.32.